The van der Waals surface area contributed by atoms with Crippen LogP contribution in [0.25, 0.3) is 0 Å². The number of fused-ring (bicyclic) bond motifs is 1. The standard InChI is InChI=1S/C19H30O6/c1-4-8-12-14(20)16-17(25-19(24-16)9-6-5-7-10-19)15(22-12)13-11-21-18(2,3)23-13/h4,12-17,20H,1,5-11H2,2-3H3/t12-,13+,14-,15-,16-,17?/m0/s1. The van der Waals surface area contributed by atoms with E-state index in [-0.39, 0.29) is 24.4 Å². The van der Waals surface area contributed by atoms with E-state index in [0.717, 1.165) is 25.7 Å². The summed E-state index contributed by atoms with van der Waals surface area (Å²) in [5.74, 6) is -1.20. The molecule has 6 nitrogen and oxygen atoms in total. The normalized spacial score (nSPS) is 45.4. The van der Waals surface area contributed by atoms with E-state index < -0.39 is 23.8 Å². The molecule has 1 unspecified atom stereocenters. The molecule has 4 aliphatic rings. The molecule has 3 saturated heterocycles. The first-order valence-electron chi connectivity index (χ1n) is 9.55. The molecule has 1 N–H and O–H groups in total. The molecule has 4 fully saturated rings. The highest BCUT2D eigenvalue weighted by molar-refractivity contribution is 5.04. The molecule has 3 heterocycles. The van der Waals surface area contributed by atoms with Crippen molar-refractivity contribution in [3.63, 3.8) is 0 Å². The number of hydrogen-bond donors (Lipinski definition) is 1. The van der Waals surface area contributed by atoms with Crippen molar-refractivity contribution in [2.24, 2.45) is 0 Å². The first-order valence-corrected chi connectivity index (χ1v) is 9.55. The van der Waals surface area contributed by atoms with Gasteiger partial charge in [-0.2, -0.15) is 0 Å². The lowest BCUT2D eigenvalue weighted by atomic mass is 9.91. The molecule has 0 amide bonds. The van der Waals surface area contributed by atoms with Gasteiger partial charge in [0.15, 0.2) is 11.6 Å². The fourth-order valence-electron chi connectivity index (χ4n) is 4.61. The minimum Gasteiger partial charge on any atom is -0.388 e. The number of ether oxygens (including phenoxy) is 5. The lowest BCUT2D eigenvalue weighted by Gasteiger charge is -2.41. The van der Waals surface area contributed by atoms with E-state index in [1.54, 1.807) is 6.08 Å². The van der Waals surface area contributed by atoms with Crippen LogP contribution in [0.2, 0.25) is 0 Å². The van der Waals surface area contributed by atoms with E-state index in [9.17, 15) is 5.11 Å². The predicted molar refractivity (Wildman–Crippen MR) is 89.9 cm³/mol. The molecule has 0 bridgehead atoms. The molecule has 25 heavy (non-hydrogen) atoms. The van der Waals surface area contributed by atoms with Gasteiger partial charge in [0.2, 0.25) is 0 Å². The molecule has 1 aliphatic carbocycles. The molecule has 6 atom stereocenters. The maximum absolute atomic E-state index is 10.8. The van der Waals surface area contributed by atoms with E-state index in [2.05, 4.69) is 6.58 Å². The Bertz CT molecular complexity index is 500. The smallest absolute Gasteiger partial charge is 0.169 e. The summed E-state index contributed by atoms with van der Waals surface area (Å²) in [6, 6.07) is 0. The van der Waals surface area contributed by atoms with E-state index in [4.69, 9.17) is 23.7 Å². The Hall–Kier alpha value is -0.500. The highest BCUT2D eigenvalue weighted by Gasteiger charge is 2.60. The van der Waals surface area contributed by atoms with Crippen LogP contribution in [0.3, 0.4) is 0 Å². The first kappa shape index (κ1) is 17.9. The molecule has 0 aromatic carbocycles. The highest BCUT2D eigenvalue weighted by atomic mass is 16.8. The van der Waals surface area contributed by atoms with Crippen molar-refractivity contribution in [1.29, 1.82) is 0 Å². The van der Waals surface area contributed by atoms with Crippen molar-refractivity contribution in [2.45, 2.75) is 101 Å². The zero-order valence-corrected chi connectivity index (χ0v) is 15.2. The zero-order valence-electron chi connectivity index (χ0n) is 15.2. The van der Waals surface area contributed by atoms with Crippen molar-refractivity contribution >= 4 is 0 Å². The summed E-state index contributed by atoms with van der Waals surface area (Å²) >= 11 is 0. The monoisotopic (exact) mass is 354 g/mol. The molecule has 1 saturated carbocycles. The molecule has 142 valence electrons. The minimum atomic E-state index is -0.726. The molecule has 1 spiro atoms. The summed E-state index contributed by atoms with van der Waals surface area (Å²) < 4.78 is 30.8. The fourth-order valence-corrected chi connectivity index (χ4v) is 4.61. The molecule has 0 aromatic rings. The van der Waals surface area contributed by atoms with Crippen LogP contribution in [-0.4, -0.2) is 59.9 Å². The summed E-state index contributed by atoms with van der Waals surface area (Å²) in [7, 11) is 0. The zero-order chi connectivity index (χ0) is 17.7. The lowest BCUT2D eigenvalue weighted by molar-refractivity contribution is -0.227. The Morgan fingerprint density at radius 3 is 2.40 bits per heavy atom. The third kappa shape index (κ3) is 3.29. The topological polar surface area (TPSA) is 66.4 Å². The first-order chi connectivity index (χ1) is 11.9. The van der Waals surface area contributed by atoms with Crippen LogP contribution in [0.4, 0.5) is 0 Å². The van der Waals surface area contributed by atoms with Crippen molar-refractivity contribution in [3.8, 4) is 0 Å². The van der Waals surface area contributed by atoms with Gasteiger partial charge in [-0.15, -0.1) is 6.58 Å². The van der Waals surface area contributed by atoms with Gasteiger partial charge in [0.05, 0.1) is 12.7 Å². The third-order valence-electron chi connectivity index (χ3n) is 5.81. The SMILES string of the molecule is C=CC[C@@H]1O[C@@H]([C@H]2COC(C)(C)O2)C2OC3(CCCCC3)O[C@H]2[C@H]1O. The van der Waals surface area contributed by atoms with E-state index in [1.807, 2.05) is 13.8 Å². The molecular formula is C19H30O6. The Kier molecular flexibility index (Phi) is 4.71. The average Bonchev–Trinajstić information content (AvgIpc) is 3.12. The second-order valence-corrected chi connectivity index (χ2v) is 8.16. The molecule has 0 aromatic heterocycles. The molecule has 3 aliphatic heterocycles. The Morgan fingerprint density at radius 2 is 1.76 bits per heavy atom. The van der Waals surface area contributed by atoms with Gasteiger partial charge >= 0.3 is 0 Å². The molecule has 6 heteroatoms. The van der Waals surface area contributed by atoms with Gasteiger partial charge in [-0.3, -0.25) is 0 Å². The largest absolute Gasteiger partial charge is 0.388 e. The van der Waals surface area contributed by atoms with Gasteiger partial charge in [-0.05, 0) is 33.1 Å². The Balaban J connectivity index is 1.58. The number of rotatable bonds is 3. The van der Waals surface area contributed by atoms with Crippen LogP contribution >= 0.6 is 0 Å². The van der Waals surface area contributed by atoms with Crippen molar-refractivity contribution in [1.82, 2.24) is 0 Å². The third-order valence-corrected chi connectivity index (χ3v) is 5.81. The predicted octanol–water partition coefficient (Wildman–Crippen LogP) is 2.29. The number of hydrogen-bond acceptors (Lipinski definition) is 6. The van der Waals surface area contributed by atoms with Crippen LogP contribution in [0.1, 0.15) is 52.4 Å². The van der Waals surface area contributed by atoms with Gasteiger partial charge in [0, 0.05) is 12.8 Å². The Labute approximate surface area is 149 Å². The second-order valence-electron chi connectivity index (χ2n) is 8.16. The van der Waals surface area contributed by atoms with Crippen LogP contribution in [-0.2, 0) is 23.7 Å². The highest BCUT2D eigenvalue weighted by Crippen LogP contribution is 2.46. The molecule has 4 rings (SSSR count). The second kappa shape index (κ2) is 6.59. The van der Waals surface area contributed by atoms with Crippen molar-refractivity contribution in [3.05, 3.63) is 12.7 Å². The fraction of sp³-hybridized carbons (Fsp3) is 0.895. The van der Waals surface area contributed by atoms with Crippen molar-refractivity contribution < 1.29 is 28.8 Å². The maximum atomic E-state index is 10.8. The lowest BCUT2D eigenvalue weighted by Crippen LogP contribution is -2.59. The van der Waals surface area contributed by atoms with Gasteiger partial charge in [0.1, 0.15) is 30.5 Å². The van der Waals surface area contributed by atoms with Gasteiger partial charge in [-0.25, -0.2) is 0 Å². The maximum Gasteiger partial charge on any atom is 0.169 e. The summed E-state index contributed by atoms with van der Waals surface area (Å²) in [5, 5.41) is 10.8. The quantitative estimate of drug-likeness (QED) is 0.785. The summed E-state index contributed by atoms with van der Waals surface area (Å²) in [5.41, 5.74) is 0. The van der Waals surface area contributed by atoms with Crippen LogP contribution < -0.4 is 0 Å². The van der Waals surface area contributed by atoms with E-state index >= 15 is 0 Å². The molecule has 0 radical (unpaired) electrons. The van der Waals surface area contributed by atoms with Crippen LogP contribution in [0.15, 0.2) is 12.7 Å². The van der Waals surface area contributed by atoms with Gasteiger partial charge < -0.3 is 28.8 Å². The van der Waals surface area contributed by atoms with E-state index in [1.165, 1.54) is 6.42 Å². The molecular weight excluding hydrogens is 324 g/mol. The number of aliphatic hydroxyl groups excluding tert-OH is 1. The van der Waals surface area contributed by atoms with Gasteiger partial charge in [0.25, 0.3) is 0 Å². The summed E-state index contributed by atoms with van der Waals surface area (Å²) in [4.78, 5) is 0. The number of aliphatic hydroxyl groups is 1. The van der Waals surface area contributed by atoms with Gasteiger partial charge in [-0.1, -0.05) is 12.5 Å². The van der Waals surface area contributed by atoms with Crippen LogP contribution in [0.5, 0.6) is 0 Å². The van der Waals surface area contributed by atoms with Crippen LogP contribution in [0, 0.1) is 0 Å². The summed E-state index contributed by atoms with van der Waals surface area (Å²) in [6.45, 7) is 8.04. The average molecular weight is 354 g/mol. The summed E-state index contributed by atoms with van der Waals surface area (Å²) in [6.07, 6.45) is 5.10. The Morgan fingerprint density at radius 1 is 1.04 bits per heavy atom. The van der Waals surface area contributed by atoms with E-state index in [0.29, 0.717) is 13.0 Å². The minimum absolute atomic E-state index is 0.232. The van der Waals surface area contributed by atoms with Crippen molar-refractivity contribution in [2.75, 3.05) is 6.61 Å².